The molecule has 0 N–H and O–H groups in total. The summed E-state index contributed by atoms with van der Waals surface area (Å²) in [4.78, 5) is 49.4. The summed E-state index contributed by atoms with van der Waals surface area (Å²) in [5, 5.41) is 10.4. The number of thioether (sulfide) groups is 1. The van der Waals surface area contributed by atoms with Crippen LogP contribution in [0.5, 0.6) is 11.5 Å². The van der Waals surface area contributed by atoms with Gasteiger partial charge in [0.25, 0.3) is 16.8 Å². The Balaban J connectivity index is 1.35. The van der Waals surface area contributed by atoms with Crippen molar-refractivity contribution in [1.82, 2.24) is 4.90 Å². The molecule has 0 unspecified atom stereocenters. The molecule has 1 aliphatic heterocycles. The number of hydrogen-bond donors (Lipinski definition) is 0. The second kappa shape index (κ2) is 12.0. The molecule has 1 aliphatic rings. The highest BCUT2D eigenvalue weighted by atomic mass is 32.2. The van der Waals surface area contributed by atoms with E-state index in [1.54, 1.807) is 30.3 Å². The van der Waals surface area contributed by atoms with Crippen molar-refractivity contribution in [1.29, 1.82) is 0 Å². The lowest BCUT2D eigenvalue weighted by atomic mass is 10.0. The van der Waals surface area contributed by atoms with E-state index in [0.29, 0.717) is 5.56 Å². The SMILES string of the molecule is Cc1ccc(C(C)C)c(OCCN2C(=O)S/C(=C\c3ccc(OC(=O)c4ccc([N+](=O)[O-])cc4)cc3)C2=O)c1. The zero-order chi connectivity index (χ0) is 28.1. The molecule has 0 radical (unpaired) electrons. The number of nitro groups is 1. The van der Waals surface area contributed by atoms with Crippen molar-refractivity contribution >= 4 is 40.6 Å². The van der Waals surface area contributed by atoms with Crippen LogP contribution in [-0.4, -0.2) is 40.1 Å². The Labute approximate surface area is 229 Å². The maximum Gasteiger partial charge on any atom is 0.343 e. The number of aryl methyl sites for hydroxylation is 1. The van der Waals surface area contributed by atoms with E-state index >= 15 is 0 Å². The molecule has 0 bridgehead atoms. The standard InChI is InChI=1S/C29H26N2O7S/c1-18(2)24-13-4-19(3)16-25(24)37-15-14-30-27(32)26(39-29(30)34)17-20-5-11-23(12-6-20)38-28(33)21-7-9-22(10-8-21)31(35)36/h4-13,16-18H,14-15H2,1-3H3/b26-17-. The summed E-state index contributed by atoms with van der Waals surface area (Å²) in [6.45, 7) is 6.45. The second-order valence-electron chi connectivity index (χ2n) is 9.14. The van der Waals surface area contributed by atoms with E-state index < -0.39 is 16.8 Å². The van der Waals surface area contributed by atoms with E-state index in [2.05, 4.69) is 13.8 Å². The fourth-order valence-electron chi connectivity index (χ4n) is 3.85. The van der Waals surface area contributed by atoms with Gasteiger partial charge in [0.2, 0.25) is 0 Å². The Kier molecular flexibility index (Phi) is 8.46. The summed E-state index contributed by atoms with van der Waals surface area (Å²) in [7, 11) is 0. The summed E-state index contributed by atoms with van der Waals surface area (Å²) in [6, 6.07) is 17.5. The Morgan fingerprint density at radius 2 is 1.74 bits per heavy atom. The number of non-ortho nitro benzene ring substituents is 1. The first-order valence-corrected chi connectivity index (χ1v) is 13.0. The van der Waals surface area contributed by atoms with E-state index in [9.17, 15) is 24.5 Å². The summed E-state index contributed by atoms with van der Waals surface area (Å²) in [5.41, 5.74) is 2.82. The number of benzene rings is 3. The van der Waals surface area contributed by atoms with Crippen LogP contribution in [0.2, 0.25) is 0 Å². The van der Waals surface area contributed by atoms with Crippen molar-refractivity contribution < 1.29 is 28.8 Å². The number of imide groups is 1. The number of carbonyl (C=O) groups is 3. The number of ether oxygens (including phenoxy) is 2. The van der Waals surface area contributed by atoms with Crippen molar-refractivity contribution in [3.8, 4) is 11.5 Å². The highest BCUT2D eigenvalue weighted by molar-refractivity contribution is 8.18. The number of carbonyl (C=O) groups excluding carboxylic acids is 3. The molecule has 0 spiro atoms. The molecule has 200 valence electrons. The molecule has 0 aromatic heterocycles. The Morgan fingerprint density at radius 1 is 1.05 bits per heavy atom. The topological polar surface area (TPSA) is 116 Å². The fraction of sp³-hybridized carbons (Fsp3) is 0.207. The van der Waals surface area contributed by atoms with Gasteiger partial charge in [-0.1, -0.05) is 38.1 Å². The molecule has 0 aliphatic carbocycles. The fourth-order valence-corrected chi connectivity index (χ4v) is 4.72. The lowest BCUT2D eigenvalue weighted by Gasteiger charge is -2.17. The van der Waals surface area contributed by atoms with Gasteiger partial charge in [-0.15, -0.1) is 0 Å². The van der Waals surface area contributed by atoms with Crippen LogP contribution in [0.3, 0.4) is 0 Å². The number of rotatable bonds is 9. The van der Waals surface area contributed by atoms with Gasteiger partial charge in [0.05, 0.1) is 21.9 Å². The highest BCUT2D eigenvalue weighted by Crippen LogP contribution is 2.33. The lowest BCUT2D eigenvalue weighted by molar-refractivity contribution is -0.384. The molecule has 0 saturated carbocycles. The molecule has 10 heteroatoms. The molecule has 9 nitrogen and oxygen atoms in total. The quantitative estimate of drug-likeness (QED) is 0.100. The minimum atomic E-state index is -0.660. The number of hydrogen-bond acceptors (Lipinski definition) is 8. The molecule has 3 aromatic carbocycles. The third-order valence-corrected chi connectivity index (χ3v) is 6.85. The van der Waals surface area contributed by atoms with Crippen LogP contribution in [0.1, 0.15) is 46.8 Å². The molecule has 1 heterocycles. The molecule has 2 amide bonds. The summed E-state index contributed by atoms with van der Waals surface area (Å²) in [6.07, 6.45) is 1.60. The zero-order valence-corrected chi connectivity index (χ0v) is 22.4. The van der Waals surface area contributed by atoms with Crippen LogP contribution in [0.15, 0.2) is 71.6 Å². The molecule has 4 rings (SSSR count). The van der Waals surface area contributed by atoms with Gasteiger partial charge in [-0.05, 0) is 77.7 Å². The van der Waals surface area contributed by atoms with Gasteiger partial charge in [0, 0.05) is 12.1 Å². The predicted octanol–water partition coefficient (Wildman–Crippen LogP) is 6.36. The van der Waals surface area contributed by atoms with E-state index in [0.717, 1.165) is 28.6 Å². The number of amides is 2. The smallest absolute Gasteiger partial charge is 0.343 e. The lowest BCUT2D eigenvalue weighted by Crippen LogP contribution is -2.32. The normalized spacial score (nSPS) is 14.3. The maximum atomic E-state index is 12.9. The average molecular weight is 547 g/mol. The molecule has 3 aromatic rings. The maximum absolute atomic E-state index is 12.9. The van der Waals surface area contributed by atoms with Gasteiger partial charge in [-0.3, -0.25) is 24.6 Å². The molecular weight excluding hydrogens is 520 g/mol. The average Bonchev–Trinajstić information content (AvgIpc) is 3.17. The first-order valence-electron chi connectivity index (χ1n) is 12.2. The Hall–Kier alpha value is -4.44. The van der Waals surface area contributed by atoms with Crippen LogP contribution in [0.4, 0.5) is 10.5 Å². The van der Waals surface area contributed by atoms with Crippen LogP contribution in [0.25, 0.3) is 6.08 Å². The van der Waals surface area contributed by atoms with E-state index in [4.69, 9.17) is 9.47 Å². The van der Waals surface area contributed by atoms with Gasteiger partial charge in [-0.2, -0.15) is 0 Å². The summed E-state index contributed by atoms with van der Waals surface area (Å²) in [5.74, 6) is 0.236. The van der Waals surface area contributed by atoms with Crippen LogP contribution < -0.4 is 9.47 Å². The molecule has 0 atom stereocenters. The zero-order valence-electron chi connectivity index (χ0n) is 21.6. The second-order valence-corrected chi connectivity index (χ2v) is 10.1. The van der Waals surface area contributed by atoms with Crippen LogP contribution >= 0.6 is 11.8 Å². The highest BCUT2D eigenvalue weighted by Gasteiger charge is 2.34. The third kappa shape index (κ3) is 6.71. The van der Waals surface area contributed by atoms with Gasteiger partial charge >= 0.3 is 5.97 Å². The molecule has 1 fully saturated rings. The predicted molar refractivity (Wildman–Crippen MR) is 148 cm³/mol. The Morgan fingerprint density at radius 3 is 2.38 bits per heavy atom. The van der Waals surface area contributed by atoms with Gasteiger partial charge in [-0.25, -0.2) is 4.79 Å². The third-order valence-electron chi connectivity index (χ3n) is 5.94. The van der Waals surface area contributed by atoms with Crippen molar-refractivity contribution in [2.24, 2.45) is 0 Å². The van der Waals surface area contributed by atoms with Crippen molar-refractivity contribution in [3.63, 3.8) is 0 Å². The number of esters is 1. The number of nitro benzene ring substituents is 1. The molecule has 39 heavy (non-hydrogen) atoms. The van der Waals surface area contributed by atoms with E-state index in [-0.39, 0.29) is 46.2 Å². The van der Waals surface area contributed by atoms with Gasteiger partial charge in [0.15, 0.2) is 0 Å². The molecular formula is C29H26N2O7S. The minimum Gasteiger partial charge on any atom is -0.491 e. The first-order chi connectivity index (χ1) is 18.6. The van der Waals surface area contributed by atoms with Crippen molar-refractivity contribution in [3.05, 3.63) is 104 Å². The summed E-state index contributed by atoms with van der Waals surface area (Å²) >= 11 is 0.858. The van der Waals surface area contributed by atoms with Crippen molar-refractivity contribution in [2.45, 2.75) is 26.7 Å². The Bertz CT molecular complexity index is 1450. The summed E-state index contributed by atoms with van der Waals surface area (Å²) < 4.78 is 11.3. The number of nitrogens with zero attached hydrogens (tertiary/aromatic N) is 2. The van der Waals surface area contributed by atoms with E-state index in [1.807, 2.05) is 25.1 Å². The van der Waals surface area contributed by atoms with Crippen molar-refractivity contribution in [2.75, 3.05) is 13.2 Å². The van der Waals surface area contributed by atoms with Crippen LogP contribution in [-0.2, 0) is 4.79 Å². The van der Waals surface area contributed by atoms with Gasteiger partial charge in [0.1, 0.15) is 18.1 Å². The molecule has 1 saturated heterocycles. The van der Waals surface area contributed by atoms with Crippen LogP contribution in [0, 0.1) is 17.0 Å². The van der Waals surface area contributed by atoms with Gasteiger partial charge < -0.3 is 9.47 Å². The largest absolute Gasteiger partial charge is 0.491 e. The minimum absolute atomic E-state index is 0.126. The monoisotopic (exact) mass is 546 g/mol. The van der Waals surface area contributed by atoms with E-state index in [1.165, 1.54) is 29.2 Å². The first kappa shape index (κ1) is 27.6.